The predicted octanol–water partition coefficient (Wildman–Crippen LogP) is 4.60. The number of hydrogen-bond acceptors (Lipinski definition) is 4. The van der Waals surface area contributed by atoms with Crippen molar-refractivity contribution in [2.45, 2.75) is 18.6 Å². The Hall–Kier alpha value is -4.00. The molecule has 0 saturated carbocycles. The Labute approximate surface area is 203 Å². The molecular weight excluding hydrogens is 478 g/mol. The van der Waals surface area contributed by atoms with Crippen molar-refractivity contribution in [1.82, 2.24) is 5.32 Å². The van der Waals surface area contributed by atoms with Crippen LogP contribution < -0.4 is 15.5 Å². The number of urea groups is 1. The summed E-state index contributed by atoms with van der Waals surface area (Å²) in [5.74, 6) is -1.54. The van der Waals surface area contributed by atoms with Crippen LogP contribution in [0.3, 0.4) is 0 Å². The van der Waals surface area contributed by atoms with Crippen LogP contribution in [0.25, 0.3) is 0 Å². The molecule has 0 aromatic heterocycles. The number of carbonyl (C=O) groups is 2. The van der Waals surface area contributed by atoms with Gasteiger partial charge < -0.3 is 15.7 Å². The number of aliphatic hydroxyl groups is 1. The highest BCUT2D eigenvalue weighted by Crippen LogP contribution is 2.41. The Balaban J connectivity index is 1.58. The van der Waals surface area contributed by atoms with Gasteiger partial charge in [-0.15, -0.1) is 0 Å². The SMILES string of the molecule is N#CCc1cc(NC(=O)N2C[C@@H](O)c3cc(F)ccc32)c2c(c1)C(=O)N[C@H]2c1cc(F)ccc1Cl. The first-order valence-electron chi connectivity index (χ1n) is 10.6. The van der Waals surface area contributed by atoms with Crippen molar-refractivity contribution >= 4 is 34.9 Å². The number of hydrogen-bond donors (Lipinski definition) is 3. The van der Waals surface area contributed by atoms with Gasteiger partial charge in [-0.3, -0.25) is 9.69 Å². The van der Waals surface area contributed by atoms with Crippen LogP contribution in [-0.4, -0.2) is 23.6 Å². The van der Waals surface area contributed by atoms with E-state index < -0.39 is 35.7 Å². The lowest BCUT2D eigenvalue weighted by atomic mass is 9.94. The molecule has 0 bridgehead atoms. The van der Waals surface area contributed by atoms with Gasteiger partial charge in [0.2, 0.25) is 0 Å². The fourth-order valence-electron chi connectivity index (χ4n) is 4.54. The van der Waals surface area contributed by atoms with Crippen LogP contribution in [-0.2, 0) is 6.42 Å². The number of amides is 3. The first kappa shape index (κ1) is 22.8. The van der Waals surface area contributed by atoms with Crippen LogP contribution >= 0.6 is 11.6 Å². The van der Waals surface area contributed by atoms with Crippen LogP contribution in [0.1, 0.15) is 44.8 Å². The lowest BCUT2D eigenvalue weighted by molar-refractivity contribution is 0.0960. The van der Waals surface area contributed by atoms with Crippen LogP contribution in [0, 0.1) is 23.0 Å². The van der Waals surface area contributed by atoms with E-state index in [-0.39, 0.29) is 34.8 Å². The molecule has 7 nitrogen and oxygen atoms in total. The fraction of sp³-hybridized carbons (Fsp3) is 0.160. The van der Waals surface area contributed by atoms with Crippen LogP contribution in [0.5, 0.6) is 0 Å². The number of aliphatic hydroxyl groups excluding tert-OH is 1. The van der Waals surface area contributed by atoms with E-state index in [0.29, 0.717) is 22.4 Å². The summed E-state index contributed by atoms with van der Waals surface area (Å²) in [4.78, 5) is 27.3. The predicted molar refractivity (Wildman–Crippen MR) is 124 cm³/mol. The fourth-order valence-corrected chi connectivity index (χ4v) is 4.77. The molecule has 5 rings (SSSR count). The molecule has 3 aromatic carbocycles. The highest BCUT2D eigenvalue weighted by Gasteiger charge is 2.36. The molecule has 35 heavy (non-hydrogen) atoms. The quantitative estimate of drug-likeness (QED) is 0.494. The van der Waals surface area contributed by atoms with Gasteiger partial charge in [0.05, 0.1) is 36.9 Å². The van der Waals surface area contributed by atoms with Gasteiger partial charge in [0.25, 0.3) is 5.91 Å². The number of rotatable bonds is 3. The summed E-state index contributed by atoms with van der Waals surface area (Å²) in [5.41, 5.74) is 2.25. The molecule has 3 aromatic rings. The second-order valence-corrected chi connectivity index (χ2v) is 8.68. The molecule has 3 amide bonds. The van der Waals surface area contributed by atoms with E-state index in [9.17, 15) is 28.7 Å². The van der Waals surface area contributed by atoms with Crippen molar-refractivity contribution < 1.29 is 23.5 Å². The Morgan fingerprint density at radius 1 is 1.17 bits per heavy atom. The zero-order valence-corrected chi connectivity index (χ0v) is 18.7. The van der Waals surface area contributed by atoms with Crippen molar-refractivity contribution in [3.63, 3.8) is 0 Å². The Morgan fingerprint density at radius 3 is 2.63 bits per heavy atom. The molecule has 0 radical (unpaired) electrons. The minimum absolute atomic E-state index is 0.0145. The van der Waals surface area contributed by atoms with Crippen molar-refractivity contribution in [1.29, 1.82) is 5.26 Å². The summed E-state index contributed by atoms with van der Waals surface area (Å²) >= 11 is 6.30. The number of anilines is 2. The number of fused-ring (bicyclic) bond motifs is 2. The van der Waals surface area contributed by atoms with Gasteiger partial charge in [0, 0.05) is 33.0 Å². The van der Waals surface area contributed by atoms with E-state index in [0.717, 1.165) is 0 Å². The largest absolute Gasteiger partial charge is 0.386 e. The molecule has 0 unspecified atom stereocenters. The Bertz CT molecular complexity index is 1440. The van der Waals surface area contributed by atoms with Crippen LogP contribution in [0.4, 0.5) is 25.0 Å². The lowest BCUT2D eigenvalue weighted by Crippen LogP contribution is -2.34. The first-order chi connectivity index (χ1) is 16.8. The summed E-state index contributed by atoms with van der Waals surface area (Å²) in [6.07, 6.45) is -1.08. The van der Waals surface area contributed by atoms with Crippen LogP contribution in [0.15, 0.2) is 48.5 Å². The summed E-state index contributed by atoms with van der Waals surface area (Å²) in [7, 11) is 0. The van der Waals surface area contributed by atoms with Gasteiger partial charge in [-0.2, -0.15) is 5.26 Å². The minimum atomic E-state index is -1.07. The second kappa shape index (κ2) is 8.65. The van der Waals surface area contributed by atoms with E-state index in [1.165, 1.54) is 41.3 Å². The zero-order chi connectivity index (χ0) is 24.9. The highest BCUT2D eigenvalue weighted by molar-refractivity contribution is 6.31. The molecule has 0 spiro atoms. The molecule has 0 fully saturated rings. The number of benzene rings is 3. The maximum atomic E-state index is 14.0. The normalized spacial score (nSPS) is 18.0. The van der Waals surface area contributed by atoms with Gasteiger partial charge in [-0.1, -0.05) is 11.6 Å². The Morgan fingerprint density at radius 2 is 1.89 bits per heavy atom. The van der Waals surface area contributed by atoms with E-state index in [1.54, 1.807) is 12.1 Å². The van der Waals surface area contributed by atoms with Crippen molar-refractivity contribution in [2.24, 2.45) is 0 Å². The van der Waals surface area contributed by atoms with Crippen LogP contribution in [0.2, 0.25) is 5.02 Å². The lowest BCUT2D eigenvalue weighted by Gasteiger charge is -2.22. The monoisotopic (exact) mass is 494 g/mol. The topological polar surface area (TPSA) is 105 Å². The minimum Gasteiger partial charge on any atom is -0.386 e. The van der Waals surface area contributed by atoms with E-state index in [4.69, 9.17) is 11.6 Å². The molecule has 2 aliphatic rings. The third kappa shape index (κ3) is 3.97. The maximum absolute atomic E-state index is 14.0. The smallest absolute Gasteiger partial charge is 0.326 e. The molecule has 176 valence electrons. The summed E-state index contributed by atoms with van der Waals surface area (Å²) < 4.78 is 27.7. The number of carbonyl (C=O) groups excluding carboxylic acids is 2. The van der Waals surface area contributed by atoms with Crippen molar-refractivity contribution in [3.05, 3.63) is 93.0 Å². The average molecular weight is 495 g/mol. The molecule has 2 atom stereocenters. The van der Waals surface area contributed by atoms with Crippen molar-refractivity contribution in [3.8, 4) is 6.07 Å². The van der Waals surface area contributed by atoms with Gasteiger partial charge >= 0.3 is 6.03 Å². The molecule has 2 aliphatic heterocycles. The van der Waals surface area contributed by atoms with Gasteiger partial charge in [-0.05, 0) is 54.1 Å². The number of nitrogens with one attached hydrogen (secondary N) is 2. The number of halogens is 3. The molecule has 0 aliphatic carbocycles. The van der Waals surface area contributed by atoms with Gasteiger partial charge in [0.15, 0.2) is 0 Å². The third-order valence-corrected chi connectivity index (χ3v) is 6.43. The third-order valence-electron chi connectivity index (χ3n) is 6.08. The van der Waals surface area contributed by atoms with E-state index in [1.807, 2.05) is 6.07 Å². The highest BCUT2D eigenvalue weighted by atomic mass is 35.5. The summed E-state index contributed by atoms with van der Waals surface area (Å²) in [6, 6.07) is 11.2. The Kier molecular flexibility index (Phi) is 5.63. The van der Waals surface area contributed by atoms with E-state index in [2.05, 4.69) is 10.6 Å². The second-order valence-electron chi connectivity index (χ2n) is 8.27. The molecule has 0 saturated heterocycles. The maximum Gasteiger partial charge on any atom is 0.326 e. The number of nitrogens with zero attached hydrogens (tertiary/aromatic N) is 2. The zero-order valence-electron chi connectivity index (χ0n) is 18.0. The first-order valence-corrected chi connectivity index (χ1v) is 11.0. The summed E-state index contributed by atoms with van der Waals surface area (Å²) in [5, 5.41) is 25.2. The van der Waals surface area contributed by atoms with Gasteiger partial charge in [-0.25, -0.2) is 13.6 Å². The average Bonchev–Trinajstić information content (AvgIpc) is 3.32. The van der Waals surface area contributed by atoms with Crippen molar-refractivity contribution in [2.75, 3.05) is 16.8 Å². The standard InChI is InChI=1S/C25H17ClF2N4O3/c26-18-3-1-13(27)9-15(18)23-22-17(24(34)31-23)7-12(5-6-29)8-19(22)30-25(35)32-11-21(33)16-10-14(28)2-4-20(16)32/h1-4,7-10,21,23,33H,5,11H2,(H,30,35)(H,31,34)/t21-,23+/m1/s1. The number of nitriles is 1. The van der Waals surface area contributed by atoms with E-state index >= 15 is 0 Å². The molecule has 2 heterocycles. The molecular formula is C25H17ClF2N4O3. The van der Waals surface area contributed by atoms with Gasteiger partial charge in [0.1, 0.15) is 11.6 Å². The molecule has 3 N–H and O–H groups in total. The molecule has 10 heteroatoms. The summed E-state index contributed by atoms with van der Waals surface area (Å²) in [6.45, 7) is -0.0962. The number of β-amino-alcohol motifs (C(OH)–C–C–N with tert-alkyl or cyclic N) is 1.